The van der Waals surface area contributed by atoms with Gasteiger partial charge in [0.1, 0.15) is 6.33 Å². The molecule has 6 heteroatoms. The second kappa shape index (κ2) is 7.45. The molecule has 1 aliphatic carbocycles. The Labute approximate surface area is 134 Å². The first-order valence-corrected chi connectivity index (χ1v) is 8.68. The minimum atomic E-state index is 0.0429. The van der Waals surface area contributed by atoms with Crippen LogP contribution in [0.3, 0.4) is 0 Å². The molecule has 1 fully saturated rings. The van der Waals surface area contributed by atoms with Crippen LogP contribution >= 0.6 is 11.8 Å². The number of amides is 1. The molecule has 0 aliphatic heterocycles. The molecule has 5 nitrogen and oxygen atoms in total. The van der Waals surface area contributed by atoms with E-state index in [4.69, 9.17) is 0 Å². The number of rotatable bonds is 5. The van der Waals surface area contributed by atoms with Gasteiger partial charge in [0, 0.05) is 17.4 Å². The van der Waals surface area contributed by atoms with E-state index in [-0.39, 0.29) is 5.91 Å². The summed E-state index contributed by atoms with van der Waals surface area (Å²) in [5.41, 5.74) is 1.90. The molecule has 1 heterocycles. The fourth-order valence-corrected chi connectivity index (χ4v) is 3.42. The SMILES string of the molecule is O=C(NC1CCCCC1)c1ccc(CSc2ncn[nH]2)cc1. The van der Waals surface area contributed by atoms with E-state index >= 15 is 0 Å². The summed E-state index contributed by atoms with van der Waals surface area (Å²) < 4.78 is 0. The van der Waals surface area contributed by atoms with Gasteiger partial charge in [0.2, 0.25) is 0 Å². The maximum Gasteiger partial charge on any atom is 0.251 e. The highest BCUT2D eigenvalue weighted by molar-refractivity contribution is 7.98. The number of hydrogen-bond donors (Lipinski definition) is 2. The van der Waals surface area contributed by atoms with Crippen LogP contribution in [-0.4, -0.2) is 27.1 Å². The van der Waals surface area contributed by atoms with E-state index < -0.39 is 0 Å². The number of H-pyrrole nitrogens is 1. The highest BCUT2D eigenvalue weighted by Gasteiger charge is 2.16. The number of carbonyl (C=O) groups is 1. The highest BCUT2D eigenvalue weighted by atomic mass is 32.2. The predicted molar refractivity (Wildman–Crippen MR) is 86.7 cm³/mol. The highest BCUT2D eigenvalue weighted by Crippen LogP contribution is 2.20. The van der Waals surface area contributed by atoms with E-state index in [1.807, 2.05) is 24.3 Å². The lowest BCUT2D eigenvalue weighted by molar-refractivity contribution is 0.0927. The largest absolute Gasteiger partial charge is 0.349 e. The number of hydrogen-bond acceptors (Lipinski definition) is 4. The second-order valence-corrected chi connectivity index (χ2v) is 6.55. The fraction of sp³-hybridized carbons (Fsp3) is 0.438. The molecule has 22 heavy (non-hydrogen) atoms. The van der Waals surface area contributed by atoms with Gasteiger partial charge in [0.25, 0.3) is 5.91 Å². The van der Waals surface area contributed by atoms with Gasteiger partial charge < -0.3 is 5.32 Å². The van der Waals surface area contributed by atoms with Crippen LogP contribution in [0.1, 0.15) is 48.0 Å². The number of thioether (sulfide) groups is 1. The van der Waals surface area contributed by atoms with Crippen LogP contribution in [0.25, 0.3) is 0 Å². The Morgan fingerprint density at radius 2 is 2.00 bits per heavy atom. The first kappa shape index (κ1) is 15.1. The van der Waals surface area contributed by atoms with E-state index in [2.05, 4.69) is 20.5 Å². The quantitative estimate of drug-likeness (QED) is 0.831. The molecule has 0 unspecified atom stereocenters. The van der Waals surface area contributed by atoms with E-state index in [1.54, 1.807) is 11.8 Å². The standard InChI is InChI=1S/C16H20N4OS/c21-15(19-14-4-2-1-3-5-14)13-8-6-12(7-9-13)10-22-16-17-11-18-20-16/h6-9,11,14H,1-5,10H2,(H,19,21)(H,17,18,20). The third-order valence-electron chi connectivity index (χ3n) is 3.92. The van der Waals surface area contributed by atoms with Gasteiger partial charge in [-0.05, 0) is 30.5 Å². The molecule has 2 N–H and O–H groups in total. The lowest BCUT2D eigenvalue weighted by atomic mass is 9.95. The fourth-order valence-electron chi connectivity index (χ4n) is 2.68. The number of aromatic nitrogens is 3. The topological polar surface area (TPSA) is 70.7 Å². The van der Waals surface area contributed by atoms with Crippen LogP contribution in [0.5, 0.6) is 0 Å². The van der Waals surface area contributed by atoms with Crippen molar-refractivity contribution in [3.05, 3.63) is 41.7 Å². The number of nitrogens with zero attached hydrogens (tertiary/aromatic N) is 2. The Morgan fingerprint density at radius 1 is 1.23 bits per heavy atom. The minimum Gasteiger partial charge on any atom is -0.349 e. The first-order chi connectivity index (χ1) is 10.8. The Kier molecular flexibility index (Phi) is 5.11. The van der Waals surface area contributed by atoms with Crippen LogP contribution in [0, 0.1) is 0 Å². The number of aromatic amines is 1. The molecule has 1 amide bonds. The molecule has 1 aromatic carbocycles. The Bertz CT molecular complexity index is 591. The Morgan fingerprint density at radius 3 is 2.68 bits per heavy atom. The smallest absolute Gasteiger partial charge is 0.251 e. The van der Waals surface area contributed by atoms with Crippen molar-refractivity contribution >= 4 is 17.7 Å². The van der Waals surface area contributed by atoms with E-state index in [9.17, 15) is 4.79 Å². The molecule has 1 aromatic heterocycles. The van der Waals surface area contributed by atoms with Gasteiger partial charge in [-0.3, -0.25) is 9.89 Å². The number of benzene rings is 1. The molecule has 0 bridgehead atoms. The molecular formula is C16H20N4OS. The lowest BCUT2D eigenvalue weighted by Crippen LogP contribution is -2.36. The monoisotopic (exact) mass is 316 g/mol. The predicted octanol–water partition coefficient (Wildman–Crippen LogP) is 3.16. The maximum atomic E-state index is 12.2. The molecule has 0 radical (unpaired) electrons. The van der Waals surface area contributed by atoms with Gasteiger partial charge in [0.05, 0.1) is 0 Å². The Hall–Kier alpha value is -1.82. The zero-order valence-corrected chi connectivity index (χ0v) is 13.2. The van der Waals surface area contributed by atoms with Crippen molar-refractivity contribution in [2.24, 2.45) is 0 Å². The molecular weight excluding hydrogens is 296 g/mol. The summed E-state index contributed by atoms with van der Waals surface area (Å²) in [6, 6.07) is 8.14. The van der Waals surface area contributed by atoms with Crippen molar-refractivity contribution in [2.45, 2.75) is 49.1 Å². The normalized spacial score (nSPS) is 15.6. The van der Waals surface area contributed by atoms with Gasteiger partial charge in [-0.15, -0.1) is 0 Å². The summed E-state index contributed by atoms with van der Waals surface area (Å²) in [4.78, 5) is 16.3. The van der Waals surface area contributed by atoms with Crippen molar-refractivity contribution in [3.63, 3.8) is 0 Å². The third kappa shape index (κ3) is 4.10. The Balaban J connectivity index is 1.52. The van der Waals surface area contributed by atoms with Crippen LogP contribution < -0.4 is 5.32 Å². The van der Waals surface area contributed by atoms with Crippen LogP contribution in [-0.2, 0) is 5.75 Å². The number of nitrogens with one attached hydrogen (secondary N) is 2. The second-order valence-electron chi connectivity index (χ2n) is 5.58. The lowest BCUT2D eigenvalue weighted by Gasteiger charge is -2.22. The van der Waals surface area contributed by atoms with E-state index in [1.165, 1.54) is 25.6 Å². The summed E-state index contributed by atoms with van der Waals surface area (Å²) >= 11 is 1.59. The summed E-state index contributed by atoms with van der Waals surface area (Å²) in [5, 5.41) is 10.6. The third-order valence-corrected chi connectivity index (χ3v) is 4.87. The molecule has 0 saturated heterocycles. The first-order valence-electron chi connectivity index (χ1n) is 7.69. The van der Waals surface area contributed by atoms with Gasteiger partial charge in [-0.25, -0.2) is 4.98 Å². The summed E-state index contributed by atoms with van der Waals surface area (Å²) in [7, 11) is 0. The van der Waals surface area contributed by atoms with Crippen molar-refractivity contribution in [3.8, 4) is 0 Å². The average molecular weight is 316 g/mol. The van der Waals surface area contributed by atoms with Crippen molar-refractivity contribution < 1.29 is 4.79 Å². The summed E-state index contributed by atoms with van der Waals surface area (Å²) in [6.45, 7) is 0. The zero-order chi connectivity index (χ0) is 15.2. The maximum absolute atomic E-state index is 12.2. The molecule has 1 aliphatic rings. The van der Waals surface area contributed by atoms with Gasteiger partial charge in [-0.1, -0.05) is 43.2 Å². The van der Waals surface area contributed by atoms with E-state index in [0.717, 1.165) is 34.9 Å². The molecule has 116 valence electrons. The molecule has 2 aromatic rings. The van der Waals surface area contributed by atoms with E-state index in [0.29, 0.717) is 6.04 Å². The molecule has 0 spiro atoms. The van der Waals surface area contributed by atoms with Crippen molar-refractivity contribution in [1.29, 1.82) is 0 Å². The zero-order valence-electron chi connectivity index (χ0n) is 12.4. The summed E-state index contributed by atoms with van der Waals surface area (Å²) in [5.74, 6) is 0.848. The van der Waals surface area contributed by atoms with Gasteiger partial charge in [-0.2, -0.15) is 5.10 Å². The van der Waals surface area contributed by atoms with Crippen LogP contribution in [0.2, 0.25) is 0 Å². The van der Waals surface area contributed by atoms with Crippen LogP contribution in [0.4, 0.5) is 0 Å². The minimum absolute atomic E-state index is 0.0429. The summed E-state index contributed by atoms with van der Waals surface area (Å²) in [6.07, 6.45) is 7.46. The van der Waals surface area contributed by atoms with Gasteiger partial charge >= 0.3 is 0 Å². The van der Waals surface area contributed by atoms with Gasteiger partial charge in [0.15, 0.2) is 5.16 Å². The molecule has 3 rings (SSSR count). The van der Waals surface area contributed by atoms with Crippen molar-refractivity contribution in [1.82, 2.24) is 20.5 Å². The molecule has 1 saturated carbocycles. The van der Waals surface area contributed by atoms with Crippen molar-refractivity contribution in [2.75, 3.05) is 0 Å². The van der Waals surface area contributed by atoms with Crippen LogP contribution in [0.15, 0.2) is 35.7 Å². The average Bonchev–Trinajstić information content (AvgIpc) is 3.08. The number of carbonyl (C=O) groups excluding carboxylic acids is 1. The molecule has 0 atom stereocenters.